The first kappa shape index (κ1) is 21.5. The predicted molar refractivity (Wildman–Crippen MR) is 116 cm³/mol. The maximum atomic E-state index is 12.4. The number of carbonyl (C=O) groups is 1. The zero-order valence-electron chi connectivity index (χ0n) is 14.6. The van der Waals surface area contributed by atoms with Gasteiger partial charge in [0.15, 0.2) is 5.17 Å². The second kappa shape index (κ2) is 8.95. The second-order valence-electron chi connectivity index (χ2n) is 6.52. The molecule has 1 saturated carbocycles. The zero-order valence-corrected chi connectivity index (χ0v) is 17.1. The van der Waals surface area contributed by atoms with Crippen molar-refractivity contribution in [2.24, 2.45) is 16.6 Å². The number of nitrogens with zero attached hydrogens (tertiary/aromatic N) is 2. The highest BCUT2D eigenvalue weighted by molar-refractivity contribution is 8.13. The average Bonchev–Trinajstić information content (AvgIpc) is 3.07. The number of aliphatic imine (C=N–C) groups is 1. The molecule has 5 nitrogen and oxygen atoms in total. The van der Waals surface area contributed by atoms with Crippen molar-refractivity contribution < 1.29 is 4.79 Å². The van der Waals surface area contributed by atoms with Crippen LogP contribution >= 0.6 is 36.6 Å². The van der Waals surface area contributed by atoms with E-state index in [1.165, 1.54) is 6.42 Å². The number of benzene rings is 1. The summed E-state index contributed by atoms with van der Waals surface area (Å²) < 4.78 is 0. The molecule has 27 heavy (non-hydrogen) atoms. The Labute approximate surface area is 175 Å². The van der Waals surface area contributed by atoms with E-state index in [4.69, 9.17) is 10.7 Å². The number of aromatic nitrogens is 1. The molecule has 1 aromatic carbocycles. The molecule has 1 aliphatic heterocycles. The van der Waals surface area contributed by atoms with E-state index in [1.807, 2.05) is 18.2 Å². The summed E-state index contributed by atoms with van der Waals surface area (Å²) in [5.74, 6) is 1.31. The van der Waals surface area contributed by atoms with Gasteiger partial charge in [0.25, 0.3) is 5.91 Å². The fourth-order valence-electron chi connectivity index (χ4n) is 3.85. The number of amides is 1. The molecular formula is C19H22Cl2N4OS. The summed E-state index contributed by atoms with van der Waals surface area (Å²) in [4.78, 5) is 21.3. The highest BCUT2D eigenvalue weighted by Gasteiger charge is 2.46. The number of anilines is 1. The summed E-state index contributed by atoms with van der Waals surface area (Å²) in [6, 6.07) is 13.3. The van der Waals surface area contributed by atoms with Crippen LogP contribution in [-0.4, -0.2) is 21.8 Å². The van der Waals surface area contributed by atoms with Crippen LogP contribution in [0.15, 0.2) is 53.7 Å². The van der Waals surface area contributed by atoms with Crippen molar-refractivity contribution in [1.29, 1.82) is 0 Å². The topological polar surface area (TPSA) is 80.4 Å². The molecule has 1 aliphatic carbocycles. The second-order valence-corrected chi connectivity index (χ2v) is 7.56. The van der Waals surface area contributed by atoms with Crippen LogP contribution in [0.25, 0.3) is 0 Å². The van der Waals surface area contributed by atoms with Gasteiger partial charge in [-0.1, -0.05) is 36.4 Å². The number of hydrogen-bond donors (Lipinski definition) is 2. The number of thioether (sulfide) groups is 1. The summed E-state index contributed by atoms with van der Waals surface area (Å²) in [7, 11) is 0. The summed E-state index contributed by atoms with van der Waals surface area (Å²) in [6.07, 6.45) is 4.96. The molecule has 0 spiro atoms. The van der Waals surface area contributed by atoms with Crippen LogP contribution in [0.1, 0.15) is 35.3 Å². The third kappa shape index (κ3) is 4.23. The maximum absolute atomic E-state index is 12.4. The molecule has 4 rings (SSSR count). The van der Waals surface area contributed by atoms with Gasteiger partial charge in [0, 0.05) is 17.6 Å². The number of halogens is 2. The van der Waals surface area contributed by atoms with E-state index in [1.54, 1.807) is 36.2 Å². The van der Waals surface area contributed by atoms with Crippen LogP contribution < -0.4 is 11.1 Å². The van der Waals surface area contributed by atoms with E-state index in [2.05, 4.69) is 16.4 Å². The Morgan fingerprint density at radius 2 is 2.07 bits per heavy atom. The predicted octanol–water partition coefficient (Wildman–Crippen LogP) is 4.23. The van der Waals surface area contributed by atoms with Gasteiger partial charge in [0.1, 0.15) is 5.69 Å². The van der Waals surface area contributed by atoms with Crippen LogP contribution in [0.5, 0.6) is 0 Å². The first-order chi connectivity index (χ1) is 12.2. The number of rotatable bonds is 3. The number of amidine groups is 1. The van der Waals surface area contributed by atoms with Gasteiger partial charge >= 0.3 is 0 Å². The monoisotopic (exact) mass is 424 g/mol. The standard InChI is InChI=1S/C19H20N4OS.2ClH/c20-18-23-19(9-4-6-14(19)12-25-18)13-5-3-7-15(11-13)22-17(24)16-8-1-2-10-21-16;;/h1-3,5,7-8,10-11,14H,4,6,9,12H2,(H2,20,23)(H,22,24);2*1H/t14-,19+;;/m0../s1. The fraction of sp³-hybridized carbons (Fsp3) is 0.316. The maximum Gasteiger partial charge on any atom is 0.274 e. The quantitative estimate of drug-likeness (QED) is 0.771. The molecule has 0 saturated heterocycles. The van der Waals surface area contributed by atoms with Gasteiger partial charge in [-0.05, 0) is 48.6 Å². The normalized spacial score (nSPS) is 23.3. The first-order valence-corrected chi connectivity index (χ1v) is 9.47. The van der Waals surface area contributed by atoms with Gasteiger partial charge in [0.05, 0.1) is 5.54 Å². The van der Waals surface area contributed by atoms with Crippen molar-refractivity contribution in [1.82, 2.24) is 4.98 Å². The van der Waals surface area contributed by atoms with E-state index >= 15 is 0 Å². The lowest BCUT2D eigenvalue weighted by atomic mass is 9.81. The Morgan fingerprint density at radius 3 is 2.85 bits per heavy atom. The summed E-state index contributed by atoms with van der Waals surface area (Å²) in [5, 5.41) is 3.61. The van der Waals surface area contributed by atoms with Gasteiger partial charge in [0.2, 0.25) is 0 Å². The number of fused-ring (bicyclic) bond motifs is 1. The first-order valence-electron chi connectivity index (χ1n) is 8.48. The van der Waals surface area contributed by atoms with Crippen molar-refractivity contribution in [3.05, 3.63) is 59.9 Å². The van der Waals surface area contributed by atoms with E-state index < -0.39 is 0 Å². The highest BCUT2D eigenvalue weighted by atomic mass is 35.5. The SMILES string of the molecule is Cl.Cl.NC1=N[C@@]2(c3cccc(NC(=O)c4ccccn4)c3)CCC[C@H]2CS1. The fourth-order valence-corrected chi connectivity index (χ4v) is 4.89. The minimum atomic E-state index is -0.235. The zero-order chi connectivity index (χ0) is 17.3. The lowest BCUT2D eigenvalue weighted by molar-refractivity contribution is 0.102. The summed E-state index contributed by atoms with van der Waals surface area (Å²) in [5.41, 5.74) is 8.11. The van der Waals surface area contributed by atoms with E-state index in [9.17, 15) is 4.79 Å². The van der Waals surface area contributed by atoms with Gasteiger partial charge in [-0.2, -0.15) is 0 Å². The Balaban J connectivity index is 0.00000131. The lowest BCUT2D eigenvalue weighted by Gasteiger charge is -2.36. The summed E-state index contributed by atoms with van der Waals surface area (Å²) in [6.45, 7) is 0. The Morgan fingerprint density at radius 1 is 1.22 bits per heavy atom. The molecule has 144 valence electrons. The lowest BCUT2D eigenvalue weighted by Crippen LogP contribution is -2.36. The van der Waals surface area contributed by atoms with Crippen LogP contribution in [0, 0.1) is 5.92 Å². The van der Waals surface area contributed by atoms with Crippen molar-refractivity contribution in [3.63, 3.8) is 0 Å². The van der Waals surface area contributed by atoms with Crippen molar-refractivity contribution in [3.8, 4) is 0 Å². The van der Waals surface area contributed by atoms with Crippen LogP contribution in [0.4, 0.5) is 5.69 Å². The molecule has 1 fully saturated rings. The molecule has 3 N–H and O–H groups in total. The molecule has 0 unspecified atom stereocenters. The molecule has 0 radical (unpaired) electrons. The summed E-state index contributed by atoms with van der Waals surface area (Å²) >= 11 is 1.65. The molecule has 2 aromatic rings. The number of carbonyl (C=O) groups excluding carboxylic acids is 1. The van der Waals surface area contributed by atoms with Crippen LogP contribution in [0.2, 0.25) is 0 Å². The Hall–Kier alpha value is -1.76. The molecule has 1 aromatic heterocycles. The third-order valence-corrected chi connectivity index (χ3v) is 6.00. The van der Waals surface area contributed by atoms with Crippen molar-refractivity contribution in [2.75, 3.05) is 11.1 Å². The molecule has 0 bridgehead atoms. The number of nitrogens with two attached hydrogens (primary N) is 1. The van der Waals surface area contributed by atoms with Gasteiger partial charge in [-0.15, -0.1) is 24.8 Å². The number of nitrogens with one attached hydrogen (secondary N) is 1. The molecule has 2 heterocycles. The third-order valence-electron chi connectivity index (χ3n) is 5.05. The highest BCUT2D eigenvalue weighted by Crippen LogP contribution is 2.50. The van der Waals surface area contributed by atoms with Gasteiger partial charge < -0.3 is 11.1 Å². The number of pyridine rings is 1. The van der Waals surface area contributed by atoms with Gasteiger partial charge in [-0.3, -0.25) is 14.8 Å². The Bertz CT molecular complexity index is 833. The minimum absolute atomic E-state index is 0. The Kier molecular flexibility index (Phi) is 7.14. The number of hydrogen-bond acceptors (Lipinski definition) is 5. The minimum Gasteiger partial charge on any atom is -0.379 e. The average molecular weight is 425 g/mol. The van der Waals surface area contributed by atoms with E-state index in [-0.39, 0.29) is 36.3 Å². The smallest absolute Gasteiger partial charge is 0.274 e. The van der Waals surface area contributed by atoms with Crippen molar-refractivity contribution in [2.45, 2.75) is 24.8 Å². The molecule has 2 aliphatic rings. The molecular weight excluding hydrogens is 403 g/mol. The van der Waals surface area contributed by atoms with E-state index in [0.29, 0.717) is 16.8 Å². The van der Waals surface area contributed by atoms with Crippen LogP contribution in [-0.2, 0) is 5.54 Å². The molecule has 1 amide bonds. The molecule has 8 heteroatoms. The molecule has 2 atom stereocenters. The van der Waals surface area contributed by atoms with Gasteiger partial charge in [-0.25, -0.2) is 0 Å². The van der Waals surface area contributed by atoms with Crippen LogP contribution in [0.3, 0.4) is 0 Å². The van der Waals surface area contributed by atoms with E-state index in [0.717, 1.165) is 29.8 Å². The largest absolute Gasteiger partial charge is 0.379 e. The van der Waals surface area contributed by atoms with Crippen molar-refractivity contribution >= 4 is 53.3 Å².